The van der Waals surface area contributed by atoms with Crippen molar-refractivity contribution in [3.05, 3.63) is 36.0 Å². The molecular formula is C16H20N2O3. The number of hydrogen-bond acceptors (Lipinski definition) is 4. The van der Waals surface area contributed by atoms with Gasteiger partial charge in [-0.05, 0) is 27.1 Å². The highest BCUT2D eigenvalue weighted by Crippen LogP contribution is 2.28. The van der Waals surface area contributed by atoms with Gasteiger partial charge in [-0.15, -0.1) is 0 Å². The Morgan fingerprint density at radius 2 is 2.10 bits per heavy atom. The highest BCUT2D eigenvalue weighted by atomic mass is 16.5. The first-order chi connectivity index (χ1) is 10.0. The predicted octanol–water partition coefficient (Wildman–Crippen LogP) is 2.01. The molecule has 21 heavy (non-hydrogen) atoms. The standard InChI is InChI=1S/C16H20N2O3/c1-12(21-16(20)11-19)14-10-18(9-8-17(2)3)15-7-5-4-6-13(14)15/h4-7,10-12H,8-9H2,1-3H3. The number of nitrogens with zero attached hydrogens (tertiary/aromatic N) is 2. The lowest BCUT2D eigenvalue weighted by atomic mass is 10.1. The summed E-state index contributed by atoms with van der Waals surface area (Å²) in [6.45, 7) is 3.54. The monoisotopic (exact) mass is 288 g/mol. The summed E-state index contributed by atoms with van der Waals surface area (Å²) < 4.78 is 7.25. The highest BCUT2D eigenvalue weighted by Gasteiger charge is 2.17. The number of ether oxygens (including phenoxy) is 1. The summed E-state index contributed by atoms with van der Waals surface area (Å²) in [7, 11) is 4.06. The van der Waals surface area contributed by atoms with Crippen LogP contribution in [0.2, 0.25) is 0 Å². The molecule has 1 aromatic carbocycles. The summed E-state index contributed by atoms with van der Waals surface area (Å²) in [4.78, 5) is 23.7. The summed E-state index contributed by atoms with van der Waals surface area (Å²) in [6, 6.07) is 7.99. The van der Waals surface area contributed by atoms with Gasteiger partial charge in [0.15, 0.2) is 0 Å². The number of carbonyl (C=O) groups excluding carboxylic acids is 2. The Hall–Kier alpha value is -2.14. The number of carbonyl (C=O) groups is 2. The molecule has 0 bridgehead atoms. The van der Waals surface area contributed by atoms with E-state index in [0.29, 0.717) is 0 Å². The van der Waals surface area contributed by atoms with E-state index < -0.39 is 12.1 Å². The lowest BCUT2D eigenvalue weighted by Gasteiger charge is -2.11. The molecule has 1 aromatic heterocycles. The van der Waals surface area contributed by atoms with Crippen molar-refractivity contribution in [1.82, 2.24) is 9.47 Å². The van der Waals surface area contributed by atoms with Gasteiger partial charge in [-0.25, -0.2) is 4.79 Å². The van der Waals surface area contributed by atoms with Gasteiger partial charge in [-0.3, -0.25) is 4.79 Å². The van der Waals surface area contributed by atoms with Gasteiger partial charge in [0.2, 0.25) is 6.29 Å². The molecule has 1 heterocycles. The van der Waals surface area contributed by atoms with Crippen molar-refractivity contribution in [3.63, 3.8) is 0 Å². The van der Waals surface area contributed by atoms with Crippen molar-refractivity contribution in [1.29, 1.82) is 0 Å². The molecule has 2 aromatic rings. The largest absolute Gasteiger partial charge is 0.452 e. The Bertz CT molecular complexity index is 646. The van der Waals surface area contributed by atoms with Crippen LogP contribution in [0.25, 0.3) is 10.9 Å². The molecule has 0 saturated carbocycles. The molecule has 0 saturated heterocycles. The number of likely N-dealkylation sites (N-methyl/N-ethyl adjacent to an activating group) is 1. The quantitative estimate of drug-likeness (QED) is 0.463. The summed E-state index contributed by atoms with van der Waals surface area (Å²) in [6.07, 6.45) is 1.74. The second-order valence-corrected chi connectivity index (χ2v) is 5.30. The van der Waals surface area contributed by atoms with Gasteiger partial charge in [-0.1, -0.05) is 18.2 Å². The molecule has 0 radical (unpaired) electrons. The average Bonchev–Trinajstić information content (AvgIpc) is 2.84. The Kier molecular flexibility index (Phi) is 4.75. The maximum absolute atomic E-state index is 11.1. The van der Waals surface area contributed by atoms with Gasteiger partial charge in [0.05, 0.1) is 0 Å². The molecule has 112 valence electrons. The summed E-state index contributed by atoms with van der Waals surface area (Å²) in [5.74, 6) is -0.840. The third-order valence-electron chi connectivity index (χ3n) is 3.43. The van der Waals surface area contributed by atoms with E-state index in [0.717, 1.165) is 29.6 Å². The predicted molar refractivity (Wildman–Crippen MR) is 81.1 cm³/mol. The van der Waals surface area contributed by atoms with Gasteiger partial charge in [0.25, 0.3) is 0 Å². The van der Waals surface area contributed by atoms with Crippen LogP contribution in [0, 0.1) is 0 Å². The zero-order chi connectivity index (χ0) is 15.4. The molecule has 0 fully saturated rings. The lowest BCUT2D eigenvalue weighted by Crippen LogP contribution is -2.18. The Morgan fingerprint density at radius 3 is 2.76 bits per heavy atom. The number of hydrogen-bond donors (Lipinski definition) is 0. The van der Waals surface area contributed by atoms with Crippen molar-refractivity contribution in [2.24, 2.45) is 0 Å². The van der Waals surface area contributed by atoms with E-state index >= 15 is 0 Å². The van der Waals surface area contributed by atoms with Crippen molar-refractivity contribution in [2.45, 2.75) is 19.6 Å². The number of para-hydroxylation sites is 1. The fourth-order valence-corrected chi connectivity index (χ4v) is 2.36. The fourth-order valence-electron chi connectivity index (χ4n) is 2.36. The minimum absolute atomic E-state index is 0.196. The van der Waals surface area contributed by atoms with E-state index in [4.69, 9.17) is 4.74 Å². The highest BCUT2D eigenvalue weighted by molar-refractivity contribution is 6.20. The van der Waals surface area contributed by atoms with E-state index in [1.165, 1.54) is 0 Å². The normalized spacial score (nSPS) is 12.6. The average molecular weight is 288 g/mol. The molecule has 5 heteroatoms. The second-order valence-electron chi connectivity index (χ2n) is 5.30. The van der Waals surface area contributed by atoms with Crippen LogP contribution in [-0.2, 0) is 20.9 Å². The van der Waals surface area contributed by atoms with Crippen LogP contribution in [0.15, 0.2) is 30.5 Å². The third-order valence-corrected chi connectivity index (χ3v) is 3.43. The third kappa shape index (κ3) is 3.49. The molecule has 2 rings (SSSR count). The number of esters is 1. The van der Waals surface area contributed by atoms with Gasteiger partial charge < -0.3 is 14.2 Å². The van der Waals surface area contributed by atoms with E-state index in [9.17, 15) is 9.59 Å². The zero-order valence-corrected chi connectivity index (χ0v) is 12.6. The molecular weight excluding hydrogens is 268 g/mol. The fraction of sp³-hybridized carbons (Fsp3) is 0.375. The topological polar surface area (TPSA) is 51.5 Å². The number of aldehydes is 1. The molecule has 0 aliphatic rings. The lowest BCUT2D eigenvalue weighted by molar-refractivity contribution is -0.152. The van der Waals surface area contributed by atoms with Crippen LogP contribution in [0.3, 0.4) is 0 Å². The molecule has 0 spiro atoms. The number of benzene rings is 1. The molecule has 1 unspecified atom stereocenters. The molecule has 0 N–H and O–H groups in total. The summed E-state index contributed by atoms with van der Waals surface area (Å²) in [5.41, 5.74) is 2.02. The minimum atomic E-state index is -0.840. The Balaban J connectivity index is 2.35. The zero-order valence-electron chi connectivity index (χ0n) is 12.6. The first-order valence-electron chi connectivity index (χ1n) is 6.91. The number of rotatable bonds is 6. The first kappa shape index (κ1) is 15.3. The maximum atomic E-state index is 11.1. The Labute approximate surface area is 124 Å². The van der Waals surface area contributed by atoms with Crippen LogP contribution in [0.1, 0.15) is 18.6 Å². The van der Waals surface area contributed by atoms with Crippen molar-refractivity contribution < 1.29 is 14.3 Å². The van der Waals surface area contributed by atoms with Crippen LogP contribution < -0.4 is 0 Å². The number of aromatic nitrogens is 1. The maximum Gasteiger partial charge on any atom is 0.371 e. The molecule has 0 amide bonds. The van der Waals surface area contributed by atoms with Gasteiger partial charge in [0.1, 0.15) is 6.10 Å². The smallest absolute Gasteiger partial charge is 0.371 e. The van der Waals surface area contributed by atoms with Crippen LogP contribution in [-0.4, -0.2) is 42.4 Å². The van der Waals surface area contributed by atoms with Gasteiger partial charge in [-0.2, -0.15) is 0 Å². The van der Waals surface area contributed by atoms with Crippen molar-refractivity contribution >= 4 is 23.2 Å². The van der Waals surface area contributed by atoms with E-state index in [2.05, 4.69) is 9.47 Å². The van der Waals surface area contributed by atoms with Gasteiger partial charge in [0, 0.05) is 35.8 Å². The van der Waals surface area contributed by atoms with Crippen LogP contribution in [0.4, 0.5) is 0 Å². The van der Waals surface area contributed by atoms with Crippen LogP contribution >= 0.6 is 0 Å². The first-order valence-corrected chi connectivity index (χ1v) is 6.91. The number of fused-ring (bicyclic) bond motifs is 1. The summed E-state index contributed by atoms with van der Waals surface area (Å²) >= 11 is 0. The van der Waals surface area contributed by atoms with Crippen molar-refractivity contribution in [3.8, 4) is 0 Å². The van der Waals surface area contributed by atoms with E-state index in [1.54, 1.807) is 6.92 Å². The SMILES string of the molecule is CC(OC(=O)C=O)c1cn(CCN(C)C)c2ccccc12. The summed E-state index contributed by atoms with van der Waals surface area (Å²) in [5, 5.41) is 1.04. The Morgan fingerprint density at radius 1 is 1.38 bits per heavy atom. The minimum Gasteiger partial charge on any atom is -0.452 e. The van der Waals surface area contributed by atoms with E-state index in [-0.39, 0.29) is 6.29 Å². The van der Waals surface area contributed by atoms with Crippen LogP contribution in [0.5, 0.6) is 0 Å². The second kappa shape index (κ2) is 6.54. The van der Waals surface area contributed by atoms with Crippen molar-refractivity contribution in [2.75, 3.05) is 20.6 Å². The van der Waals surface area contributed by atoms with Gasteiger partial charge >= 0.3 is 5.97 Å². The molecule has 1 atom stereocenters. The molecule has 0 aliphatic heterocycles. The molecule has 5 nitrogen and oxygen atoms in total. The molecule has 0 aliphatic carbocycles. The van der Waals surface area contributed by atoms with E-state index in [1.807, 2.05) is 44.6 Å².